The molecule has 0 aliphatic rings. The standard InChI is InChI=1S/C15H12N6O/c1-22-10-21-15(11-2-5-17-6-3-11)19-14(20-21)12-4-7-18-13(8-12)9-16/h2-8H,10H2,1H3. The third-order valence-electron chi connectivity index (χ3n) is 2.99. The highest BCUT2D eigenvalue weighted by atomic mass is 16.5. The van der Waals surface area contributed by atoms with E-state index in [0.717, 1.165) is 11.1 Å². The minimum Gasteiger partial charge on any atom is -0.362 e. The molecule has 3 heterocycles. The molecule has 3 aromatic heterocycles. The van der Waals surface area contributed by atoms with Crippen LogP contribution in [0.15, 0.2) is 42.9 Å². The van der Waals surface area contributed by atoms with Gasteiger partial charge in [-0.25, -0.2) is 14.6 Å². The number of pyridine rings is 2. The topological polar surface area (TPSA) is 89.5 Å². The van der Waals surface area contributed by atoms with Gasteiger partial charge in [-0.05, 0) is 24.3 Å². The van der Waals surface area contributed by atoms with E-state index >= 15 is 0 Å². The zero-order valence-electron chi connectivity index (χ0n) is 11.8. The van der Waals surface area contributed by atoms with Gasteiger partial charge in [0, 0.05) is 36.8 Å². The fraction of sp³-hybridized carbons (Fsp3) is 0.133. The molecule has 0 aromatic carbocycles. The SMILES string of the molecule is COCn1nc(-c2ccnc(C#N)c2)nc1-c1ccncc1. The van der Waals surface area contributed by atoms with E-state index in [-0.39, 0.29) is 6.73 Å². The Morgan fingerprint density at radius 2 is 1.95 bits per heavy atom. The predicted octanol–water partition coefficient (Wildman–Crippen LogP) is 1.88. The maximum Gasteiger partial charge on any atom is 0.182 e. The Hall–Kier alpha value is -3.11. The lowest BCUT2D eigenvalue weighted by Crippen LogP contribution is -2.04. The number of hydrogen-bond acceptors (Lipinski definition) is 6. The van der Waals surface area contributed by atoms with Crippen molar-refractivity contribution in [2.75, 3.05) is 7.11 Å². The summed E-state index contributed by atoms with van der Waals surface area (Å²) in [5.41, 5.74) is 1.95. The Balaban J connectivity index is 2.09. The molecule has 7 heteroatoms. The summed E-state index contributed by atoms with van der Waals surface area (Å²) in [6, 6.07) is 9.14. The van der Waals surface area contributed by atoms with Gasteiger partial charge < -0.3 is 4.74 Å². The van der Waals surface area contributed by atoms with E-state index in [9.17, 15) is 0 Å². The fourth-order valence-corrected chi connectivity index (χ4v) is 2.02. The molecule has 3 rings (SSSR count). The lowest BCUT2D eigenvalue weighted by atomic mass is 10.2. The Bertz CT molecular complexity index is 822. The van der Waals surface area contributed by atoms with E-state index in [0.29, 0.717) is 17.3 Å². The Labute approximate surface area is 126 Å². The molecule has 0 saturated carbocycles. The molecule has 0 saturated heterocycles. The van der Waals surface area contributed by atoms with Crippen molar-refractivity contribution in [3.63, 3.8) is 0 Å². The van der Waals surface area contributed by atoms with Crippen LogP contribution in [-0.4, -0.2) is 31.8 Å². The smallest absolute Gasteiger partial charge is 0.182 e. The largest absolute Gasteiger partial charge is 0.362 e. The molecule has 7 nitrogen and oxygen atoms in total. The lowest BCUT2D eigenvalue weighted by Gasteiger charge is -2.03. The summed E-state index contributed by atoms with van der Waals surface area (Å²) in [6.45, 7) is 0.279. The molecule has 0 N–H and O–H groups in total. The van der Waals surface area contributed by atoms with Crippen LogP contribution in [-0.2, 0) is 11.5 Å². The third kappa shape index (κ3) is 2.68. The van der Waals surface area contributed by atoms with Crippen LogP contribution in [0.2, 0.25) is 0 Å². The van der Waals surface area contributed by atoms with Crippen LogP contribution in [0.1, 0.15) is 5.69 Å². The third-order valence-corrected chi connectivity index (χ3v) is 2.99. The quantitative estimate of drug-likeness (QED) is 0.729. The van der Waals surface area contributed by atoms with E-state index in [4.69, 9.17) is 10.00 Å². The number of aromatic nitrogens is 5. The van der Waals surface area contributed by atoms with Gasteiger partial charge in [0.15, 0.2) is 11.6 Å². The van der Waals surface area contributed by atoms with Crippen LogP contribution in [0, 0.1) is 11.3 Å². The molecule has 108 valence electrons. The van der Waals surface area contributed by atoms with Crippen molar-refractivity contribution in [2.24, 2.45) is 0 Å². The summed E-state index contributed by atoms with van der Waals surface area (Å²) in [7, 11) is 1.60. The van der Waals surface area contributed by atoms with Gasteiger partial charge in [-0.1, -0.05) is 0 Å². The molecule has 0 fully saturated rings. The van der Waals surface area contributed by atoms with Gasteiger partial charge in [0.25, 0.3) is 0 Å². The first-order valence-corrected chi connectivity index (χ1v) is 6.52. The number of hydrogen-bond donors (Lipinski definition) is 0. The van der Waals surface area contributed by atoms with Crippen molar-refractivity contribution in [2.45, 2.75) is 6.73 Å². The van der Waals surface area contributed by atoms with E-state index in [1.165, 1.54) is 0 Å². The van der Waals surface area contributed by atoms with Crippen LogP contribution in [0.25, 0.3) is 22.8 Å². The maximum absolute atomic E-state index is 8.95. The predicted molar refractivity (Wildman–Crippen MR) is 78.2 cm³/mol. The summed E-state index contributed by atoms with van der Waals surface area (Å²) >= 11 is 0. The van der Waals surface area contributed by atoms with E-state index < -0.39 is 0 Å². The Morgan fingerprint density at radius 1 is 1.18 bits per heavy atom. The summed E-state index contributed by atoms with van der Waals surface area (Å²) in [6.07, 6.45) is 4.96. The molecular formula is C15H12N6O. The lowest BCUT2D eigenvalue weighted by molar-refractivity contribution is 0.122. The van der Waals surface area contributed by atoms with Crippen LogP contribution in [0.3, 0.4) is 0 Å². The molecule has 22 heavy (non-hydrogen) atoms. The number of ether oxygens (including phenoxy) is 1. The zero-order chi connectivity index (χ0) is 15.4. The first-order valence-electron chi connectivity index (χ1n) is 6.52. The number of methoxy groups -OCH3 is 1. The summed E-state index contributed by atoms with van der Waals surface area (Å²) in [5.74, 6) is 1.19. The second-order valence-corrected chi connectivity index (χ2v) is 4.45. The second-order valence-electron chi connectivity index (χ2n) is 4.45. The first kappa shape index (κ1) is 13.9. The van der Waals surface area contributed by atoms with Crippen molar-refractivity contribution in [3.05, 3.63) is 48.5 Å². The molecule has 0 radical (unpaired) electrons. The van der Waals surface area contributed by atoms with Gasteiger partial charge in [0.2, 0.25) is 0 Å². The highest BCUT2D eigenvalue weighted by Gasteiger charge is 2.13. The van der Waals surface area contributed by atoms with Crippen molar-refractivity contribution >= 4 is 0 Å². The van der Waals surface area contributed by atoms with Gasteiger partial charge in [-0.2, -0.15) is 5.26 Å². The summed E-state index contributed by atoms with van der Waals surface area (Å²) in [4.78, 5) is 12.5. The van der Waals surface area contributed by atoms with Crippen molar-refractivity contribution in [1.29, 1.82) is 5.26 Å². The van der Waals surface area contributed by atoms with Gasteiger partial charge in [0.05, 0.1) is 0 Å². The second kappa shape index (κ2) is 6.11. The van der Waals surface area contributed by atoms with E-state index in [1.807, 2.05) is 18.2 Å². The summed E-state index contributed by atoms with van der Waals surface area (Å²) in [5, 5.41) is 13.4. The molecule has 3 aromatic rings. The van der Waals surface area contributed by atoms with Gasteiger partial charge >= 0.3 is 0 Å². The normalized spacial score (nSPS) is 10.4. The van der Waals surface area contributed by atoms with Gasteiger partial charge in [-0.15, -0.1) is 5.10 Å². The van der Waals surface area contributed by atoms with Crippen LogP contribution < -0.4 is 0 Å². The monoisotopic (exact) mass is 292 g/mol. The first-order chi connectivity index (χ1) is 10.8. The Kier molecular flexibility index (Phi) is 3.85. The molecule has 0 aliphatic heterocycles. The molecule has 0 amide bonds. The highest BCUT2D eigenvalue weighted by Crippen LogP contribution is 2.22. The number of rotatable bonds is 4. The van der Waals surface area contributed by atoms with Crippen LogP contribution in [0.5, 0.6) is 0 Å². The highest BCUT2D eigenvalue weighted by molar-refractivity contribution is 5.61. The molecule has 0 atom stereocenters. The summed E-state index contributed by atoms with van der Waals surface area (Å²) < 4.78 is 6.83. The maximum atomic E-state index is 8.95. The average Bonchev–Trinajstić information content (AvgIpc) is 3.00. The number of nitriles is 1. The van der Waals surface area contributed by atoms with Crippen molar-refractivity contribution in [3.8, 4) is 28.8 Å². The van der Waals surface area contributed by atoms with Crippen LogP contribution >= 0.6 is 0 Å². The van der Waals surface area contributed by atoms with E-state index in [1.54, 1.807) is 42.5 Å². The van der Waals surface area contributed by atoms with Gasteiger partial charge in [-0.3, -0.25) is 4.98 Å². The van der Waals surface area contributed by atoms with Gasteiger partial charge in [0.1, 0.15) is 18.5 Å². The average molecular weight is 292 g/mol. The molecule has 0 aliphatic carbocycles. The minimum atomic E-state index is 0.279. The number of nitrogens with zero attached hydrogens (tertiary/aromatic N) is 6. The minimum absolute atomic E-state index is 0.279. The molecule has 0 spiro atoms. The fourth-order valence-electron chi connectivity index (χ4n) is 2.02. The molecule has 0 bridgehead atoms. The molecular weight excluding hydrogens is 280 g/mol. The zero-order valence-corrected chi connectivity index (χ0v) is 11.8. The Morgan fingerprint density at radius 3 is 2.68 bits per heavy atom. The molecule has 0 unspecified atom stereocenters. The van der Waals surface area contributed by atoms with Crippen molar-refractivity contribution in [1.82, 2.24) is 24.7 Å². The van der Waals surface area contributed by atoms with Crippen LogP contribution in [0.4, 0.5) is 0 Å². The van der Waals surface area contributed by atoms with Crippen molar-refractivity contribution < 1.29 is 4.74 Å². The van der Waals surface area contributed by atoms with E-state index in [2.05, 4.69) is 20.1 Å².